The lowest BCUT2D eigenvalue weighted by Crippen LogP contribution is -2.51. The van der Waals surface area contributed by atoms with Gasteiger partial charge in [0.1, 0.15) is 5.71 Å². The van der Waals surface area contributed by atoms with Gasteiger partial charge in [-0.3, -0.25) is 14.6 Å². The maximum absolute atomic E-state index is 12.9. The third-order valence-electron chi connectivity index (χ3n) is 5.20. The average molecular weight is 413 g/mol. The molecular formula is C21H21ClN4O3. The largest absolute Gasteiger partial charge is 0.386 e. The first-order valence-corrected chi connectivity index (χ1v) is 9.89. The maximum Gasteiger partial charge on any atom is 0.269 e. The molecule has 1 N–H and O–H groups in total. The third-order valence-corrected chi connectivity index (χ3v) is 5.44. The van der Waals surface area contributed by atoms with E-state index in [0.29, 0.717) is 42.4 Å². The summed E-state index contributed by atoms with van der Waals surface area (Å²) in [7, 11) is 0. The number of carbonyl (C=O) groups excluding carboxylic acids is 2. The van der Waals surface area contributed by atoms with Crippen molar-refractivity contribution >= 4 is 29.1 Å². The van der Waals surface area contributed by atoms with Crippen LogP contribution < -0.4 is 5.32 Å². The Balaban J connectivity index is 1.37. The molecule has 29 heavy (non-hydrogen) atoms. The van der Waals surface area contributed by atoms with Crippen LogP contribution in [0.3, 0.4) is 0 Å². The van der Waals surface area contributed by atoms with Crippen LogP contribution >= 0.6 is 11.6 Å². The van der Waals surface area contributed by atoms with Gasteiger partial charge >= 0.3 is 0 Å². The van der Waals surface area contributed by atoms with E-state index in [4.69, 9.17) is 16.4 Å². The average Bonchev–Trinajstić information content (AvgIpc) is 3.15. The summed E-state index contributed by atoms with van der Waals surface area (Å²) < 4.78 is 0. The Labute approximate surface area is 173 Å². The van der Waals surface area contributed by atoms with Crippen LogP contribution in [0.5, 0.6) is 0 Å². The fourth-order valence-electron chi connectivity index (χ4n) is 3.72. The molecule has 1 aromatic carbocycles. The molecule has 1 saturated heterocycles. The van der Waals surface area contributed by atoms with Crippen LogP contribution in [-0.4, -0.2) is 46.1 Å². The molecule has 1 atom stereocenters. The highest BCUT2D eigenvalue weighted by molar-refractivity contribution is 6.39. The number of hydrogen-bond acceptors (Lipinski definition) is 5. The van der Waals surface area contributed by atoms with Crippen LogP contribution in [0.1, 0.15) is 35.2 Å². The van der Waals surface area contributed by atoms with Crippen LogP contribution in [0, 0.1) is 0 Å². The van der Waals surface area contributed by atoms with E-state index in [1.165, 1.54) is 0 Å². The molecule has 4 rings (SSSR count). The molecule has 2 aliphatic rings. The molecule has 8 heteroatoms. The number of piperidine rings is 1. The van der Waals surface area contributed by atoms with Gasteiger partial charge in [0.25, 0.3) is 11.8 Å². The Hall–Kier alpha value is -2.93. The molecule has 0 aliphatic carbocycles. The molecule has 2 aliphatic heterocycles. The highest BCUT2D eigenvalue weighted by Crippen LogP contribution is 2.34. The second-order valence-corrected chi connectivity index (χ2v) is 7.80. The van der Waals surface area contributed by atoms with Gasteiger partial charge < -0.3 is 15.1 Å². The van der Waals surface area contributed by atoms with Gasteiger partial charge in [0, 0.05) is 42.5 Å². The molecule has 2 amide bonds. The molecule has 1 unspecified atom stereocenters. The van der Waals surface area contributed by atoms with Gasteiger partial charge in [-0.15, -0.1) is 0 Å². The predicted molar refractivity (Wildman–Crippen MR) is 109 cm³/mol. The molecule has 0 bridgehead atoms. The number of halogens is 1. The summed E-state index contributed by atoms with van der Waals surface area (Å²) in [4.78, 5) is 36.8. The van der Waals surface area contributed by atoms with E-state index in [1.54, 1.807) is 41.6 Å². The molecule has 3 heterocycles. The van der Waals surface area contributed by atoms with Crippen molar-refractivity contribution in [2.75, 3.05) is 13.1 Å². The van der Waals surface area contributed by atoms with Gasteiger partial charge in [0.05, 0.1) is 6.54 Å². The number of pyridine rings is 1. The summed E-state index contributed by atoms with van der Waals surface area (Å²) in [5, 5.41) is 7.42. The van der Waals surface area contributed by atoms with Crippen molar-refractivity contribution in [2.24, 2.45) is 5.16 Å². The monoisotopic (exact) mass is 412 g/mol. The highest BCUT2D eigenvalue weighted by atomic mass is 35.5. The number of likely N-dealkylation sites (tertiary alicyclic amines) is 1. The van der Waals surface area contributed by atoms with Crippen LogP contribution in [0.4, 0.5) is 0 Å². The lowest BCUT2D eigenvalue weighted by atomic mass is 9.87. The van der Waals surface area contributed by atoms with E-state index < -0.39 is 5.60 Å². The molecular weight excluding hydrogens is 392 g/mol. The summed E-state index contributed by atoms with van der Waals surface area (Å²) >= 11 is 6.01. The third kappa shape index (κ3) is 4.40. The zero-order chi connectivity index (χ0) is 20.3. The number of carbonyl (C=O) groups is 2. The van der Waals surface area contributed by atoms with Crippen LogP contribution in [0.25, 0.3) is 0 Å². The Morgan fingerprint density at radius 3 is 2.86 bits per heavy atom. The topological polar surface area (TPSA) is 83.9 Å². The first-order valence-electron chi connectivity index (χ1n) is 9.52. The predicted octanol–water partition coefficient (Wildman–Crippen LogP) is 2.80. The van der Waals surface area contributed by atoms with E-state index in [1.807, 2.05) is 12.1 Å². The minimum Gasteiger partial charge on any atom is -0.386 e. The van der Waals surface area contributed by atoms with Crippen molar-refractivity contribution in [3.05, 3.63) is 64.9 Å². The lowest BCUT2D eigenvalue weighted by Gasteiger charge is -2.38. The molecule has 1 aromatic heterocycles. The first kappa shape index (κ1) is 19.4. The number of rotatable bonds is 4. The minimum absolute atomic E-state index is 0.0919. The van der Waals surface area contributed by atoms with Crippen molar-refractivity contribution in [3.8, 4) is 0 Å². The summed E-state index contributed by atoms with van der Waals surface area (Å²) in [6.45, 7) is 1.43. The first-order chi connectivity index (χ1) is 14.0. The van der Waals surface area contributed by atoms with E-state index in [2.05, 4.69) is 15.5 Å². The SMILES string of the molecule is O=C(NCc1ccncc1)C1=NOC2(CCCN(C(=O)c3cccc(Cl)c3)C2)C1. The normalized spacial score (nSPS) is 20.9. The van der Waals surface area contributed by atoms with E-state index >= 15 is 0 Å². The van der Waals surface area contributed by atoms with Crippen molar-refractivity contribution < 1.29 is 14.4 Å². The van der Waals surface area contributed by atoms with E-state index in [9.17, 15) is 9.59 Å². The van der Waals surface area contributed by atoms with Gasteiger partial charge in [0.15, 0.2) is 5.60 Å². The summed E-state index contributed by atoms with van der Waals surface area (Å²) in [5.41, 5.74) is 1.22. The van der Waals surface area contributed by atoms with Gasteiger partial charge in [0.2, 0.25) is 0 Å². The molecule has 1 fully saturated rings. The van der Waals surface area contributed by atoms with E-state index in [0.717, 1.165) is 18.4 Å². The zero-order valence-corrected chi connectivity index (χ0v) is 16.6. The molecule has 1 spiro atoms. The maximum atomic E-state index is 12.9. The number of amides is 2. The Morgan fingerprint density at radius 1 is 1.24 bits per heavy atom. The van der Waals surface area contributed by atoms with Crippen molar-refractivity contribution in [1.29, 1.82) is 0 Å². The second-order valence-electron chi connectivity index (χ2n) is 7.37. The second kappa shape index (κ2) is 8.21. The molecule has 0 radical (unpaired) electrons. The van der Waals surface area contributed by atoms with Crippen molar-refractivity contribution in [2.45, 2.75) is 31.4 Å². The number of oxime groups is 1. The minimum atomic E-state index is -0.643. The standard InChI is InChI=1S/C21H21ClN4O3/c22-17-4-1-3-16(11-17)20(28)26-10-2-7-21(14-26)12-18(25-29-21)19(27)24-13-15-5-8-23-9-6-15/h1,3-6,8-9,11H,2,7,10,12-14H2,(H,24,27). The number of nitrogens with one attached hydrogen (secondary N) is 1. The molecule has 0 saturated carbocycles. The summed E-state index contributed by atoms with van der Waals surface area (Å²) in [6.07, 6.45) is 5.28. The molecule has 150 valence electrons. The number of aromatic nitrogens is 1. The van der Waals surface area contributed by atoms with Crippen molar-refractivity contribution in [1.82, 2.24) is 15.2 Å². The van der Waals surface area contributed by atoms with Crippen molar-refractivity contribution in [3.63, 3.8) is 0 Å². The lowest BCUT2D eigenvalue weighted by molar-refractivity contribution is -0.115. The van der Waals surface area contributed by atoms with Crippen LogP contribution in [-0.2, 0) is 16.2 Å². The number of hydrogen-bond donors (Lipinski definition) is 1. The van der Waals surface area contributed by atoms with Gasteiger partial charge in [-0.1, -0.05) is 22.8 Å². The number of benzene rings is 1. The van der Waals surface area contributed by atoms with Gasteiger partial charge in [-0.25, -0.2) is 0 Å². The smallest absolute Gasteiger partial charge is 0.269 e. The fourth-order valence-corrected chi connectivity index (χ4v) is 3.91. The van der Waals surface area contributed by atoms with Crippen LogP contribution in [0.2, 0.25) is 5.02 Å². The Morgan fingerprint density at radius 2 is 2.07 bits per heavy atom. The molecule has 7 nitrogen and oxygen atoms in total. The zero-order valence-electron chi connectivity index (χ0n) is 15.8. The summed E-state index contributed by atoms with van der Waals surface area (Å²) in [6, 6.07) is 10.6. The fraction of sp³-hybridized carbons (Fsp3) is 0.333. The molecule has 2 aromatic rings. The Bertz CT molecular complexity index is 950. The summed E-state index contributed by atoms with van der Waals surface area (Å²) in [5.74, 6) is -0.345. The van der Waals surface area contributed by atoms with Gasteiger partial charge in [-0.2, -0.15) is 0 Å². The van der Waals surface area contributed by atoms with E-state index in [-0.39, 0.29) is 11.8 Å². The highest BCUT2D eigenvalue weighted by Gasteiger charge is 2.45. The van der Waals surface area contributed by atoms with Crippen LogP contribution in [0.15, 0.2) is 53.9 Å². The number of nitrogens with zero attached hydrogens (tertiary/aromatic N) is 3. The van der Waals surface area contributed by atoms with Gasteiger partial charge in [-0.05, 0) is 48.7 Å². The Kier molecular flexibility index (Phi) is 5.49. The quantitative estimate of drug-likeness (QED) is 0.836.